The largest absolute Gasteiger partial charge is 0.355 e. The van der Waals surface area contributed by atoms with Crippen LogP contribution in [0, 0.1) is 12.7 Å². The fourth-order valence-electron chi connectivity index (χ4n) is 2.58. The second kappa shape index (κ2) is 8.68. The van der Waals surface area contributed by atoms with Crippen molar-refractivity contribution in [2.75, 3.05) is 18.1 Å². The number of hydrogen-bond donors (Lipinski definition) is 2. The molecule has 140 valence electrons. The molecule has 6 nitrogen and oxygen atoms in total. The molecule has 0 aliphatic heterocycles. The van der Waals surface area contributed by atoms with Gasteiger partial charge < -0.3 is 11.2 Å². The zero-order chi connectivity index (χ0) is 19.2. The van der Waals surface area contributed by atoms with Crippen molar-refractivity contribution in [2.24, 2.45) is 0 Å². The van der Waals surface area contributed by atoms with Crippen LogP contribution in [0.3, 0.4) is 0 Å². The highest BCUT2D eigenvalue weighted by molar-refractivity contribution is 7.99. The maximum atomic E-state index is 13.0. The molecule has 0 radical (unpaired) electrons. The molecule has 8 heteroatoms. The Labute approximate surface area is 161 Å². The molecule has 0 saturated heterocycles. The van der Waals surface area contributed by atoms with Gasteiger partial charge in [0.15, 0.2) is 5.82 Å². The van der Waals surface area contributed by atoms with Crippen LogP contribution in [0.2, 0.25) is 0 Å². The van der Waals surface area contributed by atoms with Gasteiger partial charge in [-0.05, 0) is 48.7 Å². The molecule has 0 aliphatic rings. The lowest BCUT2D eigenvalue weighted by atomic mass is 10.1. The predicted octanol–water partition coefficient (Wildman–Crippen LogP) is 2.56. The Kier molecular flexibility index (Phi) is 6.08. The summed E-state index contributed by atoms with van der Waals surface area (Å²) in [5.41, 5.74) is 3.09. The van der Waals surface area contributed by atoms with Crippen molar-refractivity contribution in [3.8, 4) is 11.4 Å². The summed E-state index contributed by atoms with van der Waals surface area (Å²) in [5, 5.41) is 11.3. The molecule has 1 amide bonds. The topological polar surface area (TPSA) is 85.8 Å². The highest BCUT2D eigenvalue weighted by atomic mass is 32.2. The minimum absolute atomic E-state index is 0.0973. The van der Waals surface area contributed by atoms with E-state index in [1.807, 2.05) is 12.1 Å². The Balaban J connectivity index is 1.50. The monoisotopic (exact) mass is 385 g/mol. The van der Waals surface area contributed by atoms with Crippen LogP contribution in [0.15, 0.2) is 53.7 Å². The number of carbonyl (C=O) groups excluding carboxylic acids is 1. The van der Waals surface area contributed by atoms with Gasteiger partial charge in [-0.3, -0.25) is 4.79 Å². The van der Waals surface area contributed by atoms with Gasteiger partial charge in [0, 0.05) is 12.1 Å². The van der Waals surface area contributed by atoms with E-state index in [0.29, 0.717) is 23.1 Å². The fourth-order valence-corrected chi connectivity index (χ4v) is 3.27. The van der Waals surface area contributed by atoms with Crippen LogP contribution >= 0.6 is 11.8 Å². The first-order valence-corrected chi connectivity index (χ1v) is 9.43. The van der Waals surface area contributed by atoms with E-state index in [9.17, 15) is 9.18 Å². The molecule has 0 fully saturated rings. The molecular weight excluding hydrogens is 365 g/mol. The van der Waals surface area contributed by atoms with Gasteiger partial charge in [-0.15, -0.1) is 10.2 Å². The van der Waals surface area contributed by atoms with Crippen molar-refractivity contribution < 1.29 is 9.18 Å². The third kappa shape index (κ3) is 4.85. The van der Waals surface area contributed by atoms with E-state index in [1.54, 1.807) is 12.1 Å². The number of aryl methyl sites for hydroxylation is 1. The number of thioether (sulfide) groups is 1. The molecule has 1 heterocycles. The van der Waals surface area contributed by atoms with Gasteiger partial charge in [-0.1, -0.05) is 36.0 Å². The van der Waals surface area contributed by atoms with Crippen molar-refractivity contribution in [1.29, 1.82) is 0 Å². The summed E-state index contributed by atoms with van der Waals surface area (Å²) in [6.45, 7) is 2.63. The third-order valence-corrected chi connectivity index (χ3v) is 5.02. The predicted molar refractivity (Wildman–Crippen MR) is 104 cm³/mol. The van der Waals surface area contributed by atoms with Gasteiger partial charge in [0.05, 0.1) is 5.75 Å². The van der Waals surface area contributed by atoms with Crippen LogP contribution in [-0.2, 0) is 11.2 Å². The van der Waals surface area contributed by atoms with Crippen LogP contribution < -0.4 is 11.2 Å². The third-order valence-electron chi connectivity index (χ3n) is 4.08. The first-order valence-electron chi connectivity index (χ1n) is 8.45. The van der Waals surface area contributed by atoms with Crippen LogP contribution in [0.25, 0.3) is 11.4 Å². The Morgan fingerprint density at radius 3 is 2.67 bits per heavy atom. The summed E-state index contributed by atoms with van der Waals surface area (Å²) in [4.78, 5) is 12.0. The molecule has 0 spiro atoms. The van der Waals surface area contributed by atoms with Crippen molar-refractivity contribution in [3.05, 3.63) is 65.5 Å². The summed E-state index contributed by atoms with van der Waals surface area (Å²) in [7, 11) is 0. The number of halogens is 1. The van der Waals surface area contributed by atoms with Crippen LogP contribution in [0.4, 0.5) is 4.39 Å². The molecule has 0 unspecified atom stereocenters. The van der Waals surface area contributed by atoms with E-state index < -0.39 is 0 Å². The number of carbonyl (C=O) groups is 1. The summed E-state index contributed by atoms with van der Waals surface area (Å²) in [6, 6.07) is 13.9. The van der Waals surface area contributed by atoms with Gasteiger partial charge in [-0.25, -0.2) is 9.07 Å². The molecule has 0 saturated carbocycles. The second-order valence-electron chi connectivity index (χ2n) is 6.00. The minimum Gasteiger partial charge on any atom is -0.355 e. The van der Waals surface area contributed by atoms with E-state index in [1.165, 1.54) is 39.7 Å². The lowest BCUT2D eigenvalue weighted by Crippen LogP contribution is -2.27. The maximum absolute atomic E-state index is 13.0. The van der Waals surface area contributed by atoms with Crippen molar-refractivity contribution >= 4 is 17.7 Å². The molecule has 0 bridgehead atoms. The average Bonchev–Trinajstić information content (AvgIpc) is 3.03. The Hall–Kier alpha value is -2.87. The van der Waals surface area contributed by atoms with Crippen molar-refractivity contribution in [2.45, 2.75) is 18.5 Å². The molecule has 0 aliphatic carbocycles. The van der Waals surface area contributed by atoms with E-state index in [2.05, 4.69) is 34.6 Å². The summed E-state index contributed by atoms with van der Waals surface area (Å²) in [5.74, 6) is 6.17. The lowest BCUT2D eigenvalue weighted by molar-refractivity contribution is -0.118. The van der Waals surface area contributed by atoms with E-state index >= 15 is 0 Å². The Bertz CT molecular complexity index is 926. The lowest BCUT2D eigenvalue weighted by Gasteiger charge is -2.07. The van der Waals surface area contributed by atoms with Crippen molar-refractivity contribution in [1.82, 2.24) is 20.2 Å². The van der Waals surface area contributed by atoms with E-state index in [0.717, 1.165) is 6.42 Å². The Morgan fingerprint density at radius 1 is 1.19 bits per heavy atom. The minimum atomic E-state index is -0.334. The van der Waals surface area contributed by atoms with Gasteiger partial charge in [0.2, 0.25) is 11.1 Å². The second-order valence-corrected chi connectivity index (χ2v) is 6.94. The zero-order valence-corrected chi connectivity index (χ0v) is 15.7. The van der Waals surface area contributed by atoms with Gasteiger partial charge in [-0.2, -0.15) is 0 Å². The molecule has 2 aromatic carbocycles. The molecule has 3 aromatic rings. The van der Waals surface area contributed by atoms with Gasteiger partial charge >= 0.3 is 0 Å². The highest BCUT2D eigenvalue weighted by Crippen LogP contribution is 2.21. The van der Waals surface area contributed by atoms with E-state index in [4.69, 9.17) is 5.84 Å². The van der Waals surface area contributed by atoms with Crippen LogP contribution in [0.5, 0.6) is 0 Å². The molecule has 27 heavy (non-hydrogen) atoms. The molecule has 3 rings (SSSR count). The maximum Gasteiger partial charge on any atom is 0.230 e. The summed E-state index contributed by atoms with van der Waals surface area (Å²) in [6.07, 6.45) is 0.783. The molecule has 1 aromatic heterocycles. The Morgan fingerprint density at radius 2 is 1.93 bits per heavy atom. The fraction of sp³-hybridized carbons (Fsp3) is 0.211. The number of nitrogens with one attached hydrogen (secondary N) is 1. The number of aromatic nitrogens is 3. The average molecular weight is 385 g/mol. The van der Waals surface area contributed by atoms with Crippen LogP contribution in [0.1, 0.15) is 11.1 Å². The first kappa shape index (κ1) is 18.9. The number of nitrogens with two attached hydrogens (primary N) is 1. The number of amides is 1. The van der Waals surface area contributed by atoms with Crippen LogP contribution in [-0.4, -0.2) is 33.1 Å². The van der Waals surface area contributed by atoms with Crippen molar-refractivity contribution in [3.63, 3.8) is 0 Å². The number of hydrogen-bond acceptors (Lipinski definition) is 5. The smallest absolute Gasteiger partial charge is 0.230 e. The highest BCUT2D eigenvalue weighted by Gasteiger charge is 2.13. The van der Waals surface area contributed by atoms with Gasteiger partial charge in [0.1, 0.15) is 5.82 Å². The SMILES string of the molecule is Cc1ccccc1CCNC(=O)CSc1nnc(-c2ccc(F)cc2)n1N. The normalized spacial score (nSPS) is 10.7. The quantitative estimate of drug-likeness (QED) is 0.482. The molecule has 0 atom stereocenters. The molecular formula is C19H20FN5OS. The number of rotatable bonds is 7. The van der Waals surface area contributed by atoms with E-state index in [-0.39, 0.29) is 17.5 Å². The zero-order valence-electron chi connectivity index (χ0n) is 14.9. The first-order chi connectivity index (χ1) is 13.0. The summed E-state index contributed by atoms with van der Waals surface area (Å²) >= 11 is 1.20. The number of nitrogens with zero attached hydrogens (tertiary/aromatic N) is 3. The van der Waals surface area contributed by atoms with Gasteiger partial charge in [0.25, 0.3) is 0 Å². The molecule has 3 N–H and O–H groups in total. The number of nitrogen functional groups attached to an aromatic ring is 1. The summed E-state index contributed by atoms with van der Waals surface area (Å²) < 4.78 is 14.3. The number of benzene rings is 2. The standard InChI is InChI=1S/C19H20FN5OS/c1-13-4-2-3-5-14(13)10-11-22-17(26)12-27-19-24-23-18(25(19)21)15-6-8-16(20)9-7-15/h2-9H,10-12,21H2,1H3,(H,22,26).